The van der Waals surface area contributed by atoms with Gasteiger partial charge in [0.05, 0.1) is 15.9 Å². The fraction of sp³-hybridized carbons (Fsp3) is 0.316. The molecule has 0 radical (unpaired) electrons. The maximum atomic E-state index is 13.2. The molecule has 4 aromatic rings. The van der Waals surface area contributed by atoms with Crippen molar-refractivity contribution in [2.75, 3.05) is 0 Å². The van der Waals surface area contributed by atoms with Crippen LogP contribution in [0.2, 0.25) is 0 Å². The van der Waals surface area contributed by atoms with Crippen LogP contribution in [0.1, 0.15) is 43.1 Å². The van der Waals surface area contributed by atoms with Gasteiger partial charge in [-0.25, -0.2) is 9.97 Å². The average Bonchev–Trinajstić information content (AvgIpc) is 3.36. The molecule has 1 aliphatic carbocycles. The summed E-state index contributed by atoms with van der Waals surface area (Å²) in [6, 6.07) is 7.71. The highest BCUT2D eigenvalue weighted by Crippen LogP contribution is 2.37. The van der Waals surface area contributed by atoms with Crippen molar-refractivity contribution >= 4 is 32.7 Å². The van der Waals surface area contributed by atoms with E-state index in [0.717, 1.165) is 53.6 Å². The van der Waals surface area contributed by atoms with E-state index in [1.165, 1.54) is 6.07 Å². The van der Waals surface area contributed by atoms with Gasteiger partial charge in [-0.05, 0) is 43.2 Å². The molecule has 28 heavy (non-hydrogen) atoms. The third-order valence-corrected chi connectivity index (χ3v) is 6.05. The van der Waals surface area contributed by atoms with Crippen molar-refractivity contribution in [1.82, 2.24) is 19.5 Å². The van der Waals surface area contributed by atoms with Crippen LogP contribution in [0.15, 0.2) is 35.1 Å². The predicted molar refractivity (Wildman–Crippen MR) is 101 cm³/mol. The molecular weight excluding hydrogens is 389 g/mol. The zero-order chi connectivity index (χ0) is 19.5. The summed E-state index contributed by atoms with van der Waals surface area (Å²) in [4.78, 5) is 22.8. The lowest BCUT2D eigenvalue weighted by Crippen LogP contribution is -2.10. The van der Waals surface area contributed by atoms with E-state index in [2.05, 4.69) is 15.0 Å². The van der Waals surface area contributed by atoms with E-state index < -0.39 is 11.9 Å². The number of nitrogens with zero attached hydrogens (tertiary/aromatic N) is 3. The number of aromatic nitrogens is 4. The van der Waals surface area contributed by atoms with Gasteiger partial charge in [0.2, 0.25) is 0 Å². The molecule has 3 heterocycles. The molecule has 9 heteroatoms. The lowest BCUT2D eigenvalue weighted by molar-refractivity contribution is -0.141. The van der Waals surface area contributed by atoms with Gasteiger partial charge < -0.3 is 4.98 Å². The van der Waals surface area contributed by atoms with Gasteiger partial charge in [-0.1, -0.05) is 24.2 Å². The molecule has 0 amide bonds. The lowest BCUT2D eigenvalue weighted by atomic mass is 10.1. The van der Waals surface area contributed by atoms with Crippen LogP contribution < -0.4 is 4.87 Å². The first kappa shape index (κ1) is 17.4. The molecule has 0 saturated heterocycles. The van der Waals surface area contributed by atoms with Crippen molar-refractivity contribution in [1.29, 1.82) is 0 Å². The summed E-state index contributed by atoms with van der Waals surface area (Å²) in [6.45, 7) is 0. The number of thiazole rings is 1. The van der Waals surface area contributed by atoms with E-state index in [-0.39, 0.29) is 16.4 Å². The monoisotopic (exact) mass is 404 g/mol. The molecule has 5 nitrogen and oxygen atoms in total. The standard InChI is InChI=1S/C19H15F3N4OS/c20-19(21,22)15-8-7-13-17(25-15)26(16(23-13)10-3-1-2-4-10)11-5-6-12-14(9-11)28-18(27)24-12/h5-10H,1-4H2,(H,24,27). The Kier molecular flexibility index (Phi) is 3.84. The molecule has 1 aliphatic rings. The lowest BCUT2D eigenvalue weighted by Gasteiger charge is -2.14. The Labute approximate surface area is 160 Å². The van der Waals surface area contributed by atoms with Gasteiger partial charge in [0.1, 0.15) is 17.0 Å². The Morgan fingerprint density at radius 3 is 2.64 bits per heavy atom. The van der Waals surface area contributed by atoms with Crippen LogP contribution in [-0.2, 0) is 6.18 Å². The smallest absolute Gasteiger partial charge is 0.312 e. The van der Waals surface area contributed by atoms with Gasteiger partial charge in [0.15, 0.2) is 5.65 Å². The molecule has 0 bridgehead atoms. The van der Waals surface area contributed by atoms with Crippen LogP contribution >= 0.6 is 11.3 Å². The Balaban J connectivity index is 1.79. The highest BCUT2D eigenvalue weighted by atomic mass is 32.1. The summed E-state index contributed by atoms with van der Waals surface area (Å²) in [5.74, 6) is 0.922. The third kappa shape index (κ3) is 2.81. The minimum atomic E-state index is -4.53. The Hall–Kier alpha value is -2.68. The number of imidazole rings is 1. The first-order valence-electron chi connectivity index (χ1n) is 9.00. The summed E-state index contributed by atoms with van der Waals surface area (Å²) in [6.07, 6.45) is -0.466. The topological polar surface area (TPSA) is 63.6 Å². The maximum absolute atomic E-state index is 13.2. The van der Waals surface area contributed by atoms with Crippen molar-refractivity contribution < 1.29 is 13.2 Å². The van der Waals surface area contributed by atoms with E-state index in [0.29, 0.717) is 16.7 Å². The summed E-state index contributed by atoms with van der Waals surface area (Å²) in [5.41, 5.74) is 1.07. The molecule has 1 fully saturated rings. The zero-order valence-corrected chi connectivity index (χ0v) is 15.4. The molecule has 0 unspecified atom stereocenters. The van der Waals surface area contributed by atoms with Gasteiger partial charge in [-0.3, -0.25) is 9.36 Å². The number of H-pyrrole nitrogens is 1. The number of benzene rings is 1. The number of alkyl halides is 3. The molecule has 1 aromatic carbocycles. The number of aromatic amines is 1. The molecule has 3 aromatic heterocycles. The van der Waals surface area contributed by atoms with Gasteiger partial charge >= 0.3 is 11.0 Å². The first-order valence-corrected chi connectivity index (χ1v) is 9.81. The molecular formula is C19H15F3N4OS. The number of fused-ring (bicyclic) bond motifs is 2. The van der Waals surface area contributed by atoms with Crippen LogP contribution in [0.5, 0.6) is 0 Å². The Bertz CT molecular complexity index is 1250. The number of rotatable bonds is 2. The van der Waals surface area contributed by atoms with E-state index in [4.69, 9.17) is 0 Å². The average molecular weight is 404 g/mol. The first-order chi connectivity index (χ1) is 13.4. The summed E-state index contributed by atoms with van der Waals surface area (Å²) in [7, 11) is 0. The quantitative estimate of drug-likeness (QED) is 0.511. The summed E-state index contributed by atoms with van der Waals surface area (Å²) < 4.78 is 42.2. The van der Waals surface area contributed by atoms with Crippen LogP contribution in [0.25, 0.3) is 27.1 Å². The normalized spacial score (nSPS) is 15.8. The van der Waals surface area contributed by atoms with Crippen LogP contribution in [0.3, 0.4) is 0 Å². The minimum Gasteiger partial charge on any atom is -0.312 e. The Morgan fingerprint density at radius 1 is 1.11 bits per heavy atom. The van der Waals surface area contributed by atoms with Crippen molar-refractivity contribution in [2.24, 2.45) is 0 Å². The summed E-state index contributed by atoms with van der Waals surface area (Å²) in [5, 5.41) is 0. The molecule has 1 saturated carbocycles. The molecule has 1 N–H and O–H groups in total. The second-order valence-electron chi connectivity index (χ2n) is 7.02. The third-order valence-electron chi connectivity index (χ3n) is 5.20. The van der Waals surface area contributed by atoms with Crippen LogP contribution in [-0.4, -0.2) is 19.5 Å². The van der Waals surface area contributed by atoms with Gasteiger partial charge in [0, 0.05) is 5.92 Å². The zero-order valence-electron chi connectivity index (χ0n) is 14.6. The Morgan fingerprint density at radius 2 is 1.89 bits per heavy atom. The van der Waals surface area contributed by atoms with Crippen molar-refractivity contribution in [3.05, 3.63) is 51.5 Å². The maximum Gasteiger partial charge on any atom is 0.433 e. The minimum absolute atomic E-state index is 0.170. The number of hydrogen-bond acceptors (Lipinski definition) is 4. The molecule has 0 spiro atoms. The fourth-order valence-corrected chi connectivity index (χ4v) is 4.69. The predicted octanol–water partition coefficient (Wildman–Crippen LogP) is 5.00. The molecule has 0 aliphatic heterocycles. The van der Waals surface area contributed by atoms with Crippen LogP contribution in [0, 0.1) is 0 Å². The van der Waals surface area contributed by atoms with Crippen LogP contribution in [0.4, 0.5) is 13.2 Å². The van der Waals surface area contributed by atoms with Gasteiger partial charge in [-0.2, -0.15) is 13.2 Å². The van der Waals surface area contributed by atoms with Crippen molar-refractivity contribution in [2.45, 2.75) is 37.8 Å². The van der Waals surface area contributed by atoms with E-state index >= 15 is 0 Å². The van der Waals surface area contributed by atoms with Crippen molar-refractivity contribution in [3.63, 3.8) is 0 Å². The number of hydrogen-bond donors (Lipinski definition) is 1. The fourth-order valence-electron chi connectivity index (χ4n) is 3.92. The molecule has 144 valence electrons. The highest BCUT2D eigenvalue weighted by molar-refractivity contribution is 7.16. The largest absolute Gasteiger partial charge is 0.433 e. The second-order valence-corrected chi connectivity index (χ2v) is 8.03. The second kappa shape index (κ2) is 6.16. The van der Waals surface area contributed by atoms with Gasteiger partial charge in [0.25, 0.3) is 0 Å². The SMILES string of the molecule is O=c1[nH]c2ccc(-n3c(C4CCCC4)nc4ccc(C(F)(F)F)nc43)cc2s1. The summed E-state index contributed by atoms with van der Waals surface area (Å²) >= 11 is 1.07. The number of pyridine rings is 1. The van der Waals surface area contributed by atoms with E-state index in [1.807, 2.05) is 0 Å². The highest BCUT2D eigenvalue weighted by Gasteiger charge is 2.34. The molecule has 5 rings (SSSR count). The van der Waals surface area contributed by atoms with E-state index in [1.54, 1.807) is 22.8 Å². The van der Waals surface area contributed by atoms with Crippen molar-refractivity contribution in [3.8, 4) is 5.69 Å². The molecule has 0 atom stereocenters. The van der Waals surface area contributed by atoms with Gasteiger partial charge in [-0.15, -0.1) is 0 Å². The van der Waals surface area contributed by atoms with E-state index in [9.17, 15) is 18.0 Å². The number of halogens is 3. The number of nitrogens with one attached hydrogen (secondary N) is 1.